The lowest BCUT2D eigenvalue weighted by Crippen LogP contribution is -2.29. The largest absolute Gasteiger partial charge is 0.469 e. The zero-order chi connectivity index (χ0) is 19.1. The highest BCUT2D eigenvalue weighted by molar-refractivity contribution is 6.04. The molecule has 0 saturated heterocycles. The van der Waals surface area contributed by atoms with E-state index in [0.29, 0.717) is 29.5 Å². The number of hydrogen-bond donors (Lipinski definition) is 2. The second-order valence-corrected chi connectivity index (χ2v) is 6.16. The summed E-state index contributed by atoms with van der Waals surface area (Å²) in [6, 6.07) is 8.12. The fourth-order valence-electron chi connectivity index (χ4n) is 2.17. The highest BCUT2D eigenvalue weighted by Crippen LogP contribution is 2.15. The lowest BCUT2D eigenvalue weighted by Gasteiger charge is -2.12. The second-order valence-electron chi connectivity index (χ2n) is 6.16. The van der Waals surface area contributed by atoms with Gasteiger partial charge in [-0.05, 0) is 31.0 Å². The van der Waals surface area contributed by atoms with Gasteiger partial charge in [-0.15, -0.1) is 0 Å². The first-order valence-electron chi connectivity index (χ1n) is 8.26. The number of furan rings is 1. The first-order valence-corrected chi connectivity index (χ1v) is 8.26. The molecule has 1 heterocycles. The first kappa shape index (κ1) is 19.2. The normalized spacial score (nSPS) is 10.5. The zero-order valence-electron chi connectivity index (χ0n) is 15.0. The number of ether oxygens (including phenoxy) is 1. The number of nitrogens with one attached hydrogen (secondary N) is 2. The van der Waals surface area contributed by atoms with Gasteiger partial charge < -0.3 is 19.8 Å². The Kier molecular flexibility index (Phi) is 6.54. The smallest absolute Gasteiger partial charge is 0.342 e. The van der Waals surface area contributed by atoms with Crippen LogP contribution in [0.3, 0.4) is 0 Å². The quantitative estimate of drug-likeness (QED) is 0.742. The number of carbonyl (C=O) groups excluding carboxylic acids is 3. The summed E-state index contributed by atoms with van der Waals surface area (Å²) in [5, 5.41) is 5.39. The minimum absolute atomic E-state index is 0.270. The monoisotopic (exact) mass is 358 g/mol. The van der Waals surface area contributed by atoms with Crippen LogP contribution < -0.4 is 10.6 Å². The average molecular weight is 358 g/mol. The van der Waals surface area contributed by atoms with Crippen molar-refractivity contribution in [2.24, 2.45) is 5.92 Å². The summed E-state index contributed by atoms with van der Waals surface area (Å²) >= 11 is 0. The Labute approximate surface area is 151 Å². The first-order chi connectivity index (χ1) is 12.4. The van der Waals surface area contributed by atoms with Crippen molar-refractivity contribution in [2.45, 2.75) is 20.8 Å². The molecular formula is C19H22N2O5. The Morgan fingerprint density at radius 3 is 2.50 bits per heavy atom. The van der Waals surface area contributed by atoms with Crippen LogP contribution in [0.4, 0.5) is 5.69 Å². The molecule has 0 saturated carbocycles. The molecule has 2 rings (SSSR count). The van der Waals surface area contributed by atoms with Crippen molar-refractivity contribution in [2.75, 3.05) is 18.5 Å². The predicted octanol–water partition coefficient (Wildman–Crippen LogP) is 2.77. The summed E-state index contributed by atoms with van der Waals surface area (Å²) in [5.74, 6) is -0.729. The standard InChI is InChI=1S/C19H22N2O5/c1-12(2)10-20-18(23)15-6-4-5-7-16(15)21-17(22)11-26-19(24)14-8-9-25-13(14)3/h4-9,12H,10-11H2,1-3H3,(H,20,23)(H,21,22). The van der Waals surface area contributed by atoms with Gasteiger partial charge in [-0.3, -0.25) is 9.59 Å². The molecule has 2 amide bonds. The van der Waals surface area contributed by atoms with Crippen LogP contribution in [-0.2, 0) is 9.53 Å². The molecule has 2 aromatic rings. The van der Waals surface area contributed by atoms with E-state index in [1.807, 2.05) is 13.8 Å². The van der Waals surface area contributed by atoms with Gasteiger partial charge in [0.25, 0.3) is 11.8 Å². The van der Waals surface area contributed by atoms with Crippen molar-refractivity contribution in [1.29, 1.82) is 0 Å². The molecule has 7 nitrogen and oxygen atoms in total. The van der Waals surface area contributed by atoms with Gasteiger partial charge in [0.15, 0.2) is 6.61 Å². The summed E-state index contributed by atoms with van der Waals surface area (Å²) in [5.41, 5.74) is 0.971. The SMILES string of the molecule is Cc1occc1C(=O)OCC(=O)Nc1ccccc1C(=O)NCC(C)C. The van der Waals surface area contributed by atoms with Gasteiger partial charge in [0, 0.05) is 6.54 Å². The lowest BCUT2D eigenvalue weighted by molar-refractivity contribution is -0.119. The van der Waals surface area contributed by atoms with E-state index in [-0.39, 0.29) is 11.5 Å². The van der Waals surface area contributed by atoms with Crippen LogP contribution >= 0.6 is 0 Å². The number of amides is 2. The molecule has 26 heavy (non-hydrogen) atoms. The third kappa shape index (κ3) is 5.20. The minimum atomic E-state index is -0.644. The van der Waals surface area contributed by atoms with E-state index in [0.717, 1.165) is 0 Å². The molecule has 0 unspecified atom stereocenters. The molecule has 0 aliphatic rings. The van der Waals surface area contributed by atoms with E-state index in [9.17, 15) is 14.4 Å². The highest BCUT2D eigenvalue weighted by Gasteiger charge is 2.16. The van der Waals surface area contributed by atoms with E-state index >= 15 is 0 Å². The van der Waals surface area contributed by atoms with Crippen molar-refractivity contribution in [3.05, 3.63) is 53.5 Å². The summed E-state index contributed by atoms with van der Waals surface area (Å²) in [6.45, 7) is 5.67. The van der Waals surface area contributed by atoms with Gasteiger partial charge in [-0.1, -0.05) is 26.0 Å². The Bertz CT molecular complexity index is 795. The van der Waals surface area contributed by atoms with Gasteiger partial charge in [0.2, 0.25) is 0 Å². The number of anilines is 1. The topological polar surface area (TPSA) is 97.6 Å². The molecule has 0 radical (unpaired) electrons. The number of esters is 1. The van der Waals surface area contributed by atoms with Gasteiger partial charge in [0.1, 0.15) is 11.3 Å². The Balaban J connectivity index is 1.95. The van der Waals surface area contributed by atoms with Crippen LogP contribution in [0.2, 0.25) is 0 Å². The van der Waals surface area contributed by atoms with Crippen LogP contribution in [0.25, 0.3) is 0 Å². The van der Waals surface area contributed by atoms with Crippen LogP contribution in [-0.4, -0.2) is 30.9 Å². The summed E-state index contributed by atoms with van der Waals surface area (Å²) in [4.78, 5) is 36.2. The van der Waals surface area contributed by atoms with Gasteiger partial charge in [-0.25, -0.2) is 4.79 Å². The number of aryl methyl sites for hydroxylation is 1. The van der Waals surface area contributed by atoms with Gasteiger partial charge >= 0.3 is 5.97 Å². The van der Waals surface area contributed by atoms with E-state index in [1.165, 1.54) is 12.3 Å². The van der Waals surface area contributed by atoms with E-state index < -0.39 is 18.5 Å². The average Bonchev–Trinajstić information content (AvgIpc) is 3.04. The number of carbonyl (C=O) groups is 3. The Hall–Kier alpha value is -3.09. The third-order valence-electron chi connectivity index (χ3n) is 3.53. The summed E-state index contributed by atoms with van der Waals surface area (Å²) in [7, 11) is 0. The maximum Gasteiger partial charge on any atom is 0.342 e. The van der Waals surface area contributed by atoms with Crippen LogP contribution in [0.5, 0.6) is 0 Å². The molecule has 0 aliphatic carbocycles. The number of hydrogen-bond acceptors (Lipinski definition) is 5. The van der Waals surface area contributed by atoms with Crippen molar-refractivity contribution in [3.63, 3.8) is 0 Å². The molecule has 138 valence electrons. The maximum absolute atomic E-state index is 12.3. The van der Waals surface area contributed by atoms with Crippen LogP contribution in [0, 0.1) is 12.8 Å². The molecule has 0 bridgehead atoms. The number of benzene rings is 1. The fourth-order valence-corrected chi connectivity index (χ4v) is 2.17. The van der Waals surface area contributed by atoms with Crippen molar-refractivity contribution < 1.29 is 23.5 Å². The fraction of sp³-hybridized carbons (Fsp3) is 0.316. The molecule has 2 N–H and O–H groups in total. The molecule has 0 fully saturated rings. The maximum atomic E-state index is 12.3. The predicted molar refractivity (Wildman–Crippen MR) is 96.0 cm³/mol. The zero-order valence-corrected chi connectivity index (χ0v) is 15.0. The van der Waals surface area contributed by atoms with E-state index in [4.69, 9.17) is 9.15 Å². The van der Waals surface area contributed by atoms with Crippen LogP contribution in [0.15, 0.2) is 41.0 Å². The Morgan fingerprint density at radius 1 is 1.12 bits per heavy atom. The van der Waals surface area contributed by atoms with Crippen molar-refractivity contribution in [1.82, 2.24) is 5.32 Å². The van der Waals surface area contributed by atoms with Crippen molar-refractivity contribution in [3.8, 4) is 0 Å². The van der Waals surface area contributed by atoms with E-state index in [2.05, 4.69) is 10.6 Å². The number of para-hydroxylation sites is 1. The Morgan fingerprint density at radius 2 is 1.85 bits per heavy atom. The molecule has 1 aromatic carbocycles. The summed E-state index contributed by atoms with van der Waals surface area (Å²) < 4.78 is 9.99. The highest BCUT2D eigenvalue weighted by atomic mass is 16.5. The van der Waals surface area contributed by atoms with Gasteiger partial charge in [-0.2, -0.15) is 0 Å². The van der Waals surface area contributed by atoms with E-state index in [1.54, 1.807) is 31.2 Å². The molecule has 0 atom stereocenters. The molecule has 1 aromatic heterocycles. The van der Waals surface area contributed by atoms with Gasteiger partial charge in [0.05, 0.1) is 17.5 Å². The molecule has 0 aliphatic heterocycles. The lowest BCUT2D eigenvalue weighted by atomic mass is 10.1. The molecule has 0 spiro atoms. The summed E-state index contributed by atoms with van der Waals surface area (Å²) in [6.07, 6.45) is 1.37. The van der Waals surface area contributed by atoms with Crippen molar-refractivity contribution >= 4 is 23.5 Å². The molecule has 7 heteroatoms. The molecular weight excluding hydrogens is 336 g/mol. The second kappa shape index (κ2) is 8.84. The minimum Gasteiger partial charge on any atom is -0.469 e. The third-order valence-corrected chi connectivity index (χ3v) is 3.53. The number of rotatable bonds is 7. The van der Waals surface area contributed by atoms with Crippen LogP contribution in [0.1, 0.15) is 40.3 Å².